The molecule has 4 heteroatoms. The largest absolute Gasteiger partial charge is 0.371 e. The Balaban J connectivity index is 2.72. The summed E-state index contributed by atoms with van der Waals surface area (Å²) in [5.74, 6) is -0.404. The summed E-state index contributed by atoms with van der Waals surface area (Å²) in [5.41, 5.74) is 0.642. The minimum Gasteiger partial charge on any atom is -0.371 e. The summed E-state index contributed by atoms with van der Waals surface area (Å²) in [6.45, 7) is 4.37. The van der Waals surface area contributed by atoms with Gasteiger partial charge in [0.25, 0.3) is 0 Å². The van der Waals surface area contributed by atoms with E-state index in [0.29, 0.717) is 18.6 Å². The normalized spacial score (nSPS) is 12.4. The van der Waals surface area contributed by atoms with Crippen LogP contribution in [0.3, 0.4) is 0 Å². The predicted octanol–water partition coefficient (Wildman–Crippen LogP) is 3.80. The first kappa shape index (κ1) is 15.1. The molecule has 1 unspecified atom stereocenters. The molecule has 2 nitrogen and oxygen atoms in total. The minimum atomic E-state index is -0.397. The lowest BCUT2D eigenvalue weighted by atomic mass is 10.0. The van der Waals surface area contributed by atoms with Crippen molar-refractivity contribution in [2.75, 3.05) is 6.61 Å². The van der Waals surface area contributed by atoms with E-state index in [4.69, 9.17) is 16.3 Å². The molecule has 0 bridgehead atoms. The third-order valence-electron chi connectivity index (χ3n) is 2.66. The average Bonchev–Trinajstić information content (AvgIpc) is 2.32. The van der Waals surface area contributed by atoms with Crippen molar-refractivity contribution < 1.29 is 13.9 Å². The maximum absolute atomic E-state index is 12.9. The van der Waals surface area contributed by atoms with E-state index in [9.17, 15) is 9.18 Å². The summed E-state index contributed by atoms with van der Waals surface area (Å²) >= 11 is 5.90. The number of benzene rings is 1. The molecule has 0 aliphatic rings. The molecule has 18 heavy (non-hydrogen) atoms. The highest BCUT2D eigenvalue weighted by molar-refractivity contribution is 6.31. The molecule has 0 fully saturated rings. The Labute approximate surface area is 112 Å². The quantitative estimate of drug-likeness (QED) is 0.755. The fourth-order valence-corrected chi connectivity index (χ4v) is 2.00. The second-order valence-electron chi connectivity index (χ2n) is 4.11. The van der Waals surface area contributed by atoms with Crippen LogP contribution in [0.2, 0.25) is 5.02 Å². The van der Waals surface area contributed by atoms with Crippen molar-refractivity contribution in [3.63, 3.8) is 0 Å². The highest BCUT2D eigenvalue weighted by atomic mass is 35.5. The summed E-state index contributed by atoms with van der Waals surface area (Å²) in [4.78, 5) is 12.1. The molecule has 0 heterocycles. The highest BCUT2D eigenvalue weighted by Gasteiger charge is 2.19. The molecule has 1 aromatic carbocycles. The van der Waals surface area contributed by atoms with Crippen LogP contribution in [0.15, 0.2) is 18.2 Å². The van der Waals surface area contributed by atoms with E-state index in [1.807, 2.05) is 13.8 Å². The zero-order chi connectivity index (χ0) is 13.5. The van der Waals surface area contributed by atoms with Crippen molar-refractivity contribution in [3.8, 4) is 0 Å². The van der Waals surface area contributed by atoms with Gasteiger partial charge >= 0.3 is 0 Å². The van der Waals surface area contributed by atoms with Gasteiger partial charge in [0, 0.05) is 18.1 Å². The Hall–Kier alpha value is -0.930. The second kappa shape index (κ2) is 7.49. The topological polar surface area (TPSA) is 26.3 Å². The van der Waals surface area contributed by atoms with E-state index in [0.717, 1.165) is 6.42 Å². The Morgan fingerprint density at radius 2 is 2.17 bits per heavy atom. The lowest BCUT2D eigenvalue weighted by Crippen LogP contribution is -2.26. The lowest BCUT2D eigenvalue weighted by Gasteiger charge is -2.15. The van der Waals surface area contributed by atoms with Crippen molar-refractivity contribution in [1.29, 1.82) is 0 Å². The highest BCUT2D eigenvalue weighted by Crippen LogP contribution is 2.19. The number of carbonyl (C=O) groups is 1. The molecule has 1 rings (SSSR count). The monoisotopic (exact) mass is 272 g/mol. The van der Waals surface area contributed by atoms with Crippen molar-refractivity contribution in [3.05, 3.63) is 34.6 Å². The average molecular weight is 273 g/mol. The third-order valence-corrected chi connectivity index (χ3v) is 3.01. The van der Waals surface area contributed by atoms with Gasteiger partial charge in [-0.25, -0.2) is 4.39 Å². The molecular weight excluding hydrogens is 255 g/mol. The molecule has 100 valence electrons. The number of Topliss-reactive ketones (excluding diaryl/α,β-unsaturated/α-hetero) is 1. The van der Waals surface area contributed by atoms with Crippen LogP contribution in [0.5, 0.6) is 0 Å². The van der Waals surface area contributed by atoms with Gasteiger partial charge in [-0.3, -0.25) is 4.79 Å². The van der Waals surface area contributed by atoms with Crippen molar-refractivity contribution in [2.24, 2.45) is 0 Å². The minimum absolute atomic E-state index is 0.00721. The van der Waals surface area contributed by atoms with Gasteiger partial charge in [0.05, 0.1) is 0 Å². The van der Waals surface area contributed by atoms with E-state index >= 15 is 0 Å². The molecule has 0 aliphatic heterocycles. The van der Waals surface area contributed by atoms with Gasteiger partial charge < -0.3 is 4.74 Å². The molecule has 0 saturated carbocycles. The van der Waals surface area contributed by atoms with Crippen molar-refractivity contribution in [2.45, 2.75) is 39.2 Å². The van der Waals surface area contributed by atoms with Crippen LogP contribution in [0.25, 0.3) is 0 Å². The van der Waals surface area contributed by atoms with Crippen LogP contribution in [-0.4, -0.2) is 18.5 Å². The van der Waals surface area contributed by atoms with Crippen LogP contribution >= 0.6 is 11.6 Å². The molecule has 0 amide bonds. The van der Waals surface area contributed by atoms with Crippen LogP contribution in [-0.2, 0) is 16.0 Å². The summed E-state index contributed by atoms with van der Waals surface area (Å²) in [7, 11) is 0. The third kappa shape index (κ3) is 4.39. The fourth-order valence-electron chi connectivity index (χ4n) is 1.77. The zero-order valence-electron chi connectivity index (χ0n) is 10.7. The smallest absolute Gasteiger partial charge is 0.165 e. The van der Waals surface area contributed by atoms with E-state index in [1.165, 1.54) is 12.1 Å². The Bertz CT molecular complexity index is 401. The summed E-state index contributed by atoms with van der Waals surface area (Å²) in [6.07, 6.45) is 1.38. The summed E-state index contributed by atoms with van der Waals surface area (Å²) in [5, 5.41) is 0.287. The van der Waals surface area contributed by atoms with Gasteiger partial charge in [-0.15, -0.1) is 0 Å². The van der Waals surface area contributed by atoms with Gasteiger partial charge in [-0.2, -0.15) is 0 Å². The Kier molecular flexibility index (Phi) is 6.30. The lowest BCUT2D eigenvalue weighted by molar-refractivity contribution is -0.130. The first-order valence-corrected chi connectivity index (χ1v) is 6.54. The van der Waals surface area contributed by atoms with Crippen LogP contribution in [0, 0.1) is 5.82 Å². The van der Waals surface area contributed by atoms with Crippen molar-refractivity contribution >= 4 is 17.4 Å². The van der Waals surface area contributed by atoms with E-state index < -0.39 is 5.82 Å². The molecule has 1 atom stereocenters. The Morgan fingerprint density at radius 3 is 2.72 bits per heavy atom. The second-order valence-corrected chi connectivity index (χ2v) is 4.52. The van der Waals surface area contributed by atoms with E-state index in [1.54, 1.807) is 6.07 Å². The zero-order valence-corrected chi connectivity index (χ0v) is 11.5. The number of carbonyl (C=O) groups excluding carboxylic acids is 1. The fraction of sp³-hybridized carbons (Fsp3) is 0.500. The number of ketones is 1. The van der Waals surface area contributed by atoms with Crippen LogP contribution in [0.1, 0.15) is 32.3 Å². The van der Waals surface area contributed by atoms with E-state index in [-0.39, 0.29) is 23.3 Å². The molecule has 0 saturated heterocycles. The first-order chi connectivity index (χ1) is 8.58. The molecule has 0 aliphatic carbocycles. The molecule has 0 N–H and O–H groups in total. The summed E-state index contributed by atoms with van der Waals surface area (Å²) < 4.78 is 18.3. The number of hydrogen-bond acceptors (Lipinski definition) is 2. The maximum atomic E-state index is 12.9. The molecular formula is C14H18ClFO2. The van der Waals surface area contributed by atoms with Gasteiger partial charge in [-0.1, -0.05) is 31.0 Å². The van der Waals surface area contributed by atoms with Crippen molar-refractivity contribution in [1.82, 2.24) is 0 Å². The number of ether oxygens (including phenoxy) is 1. The van der Waals surface area contributed by atoms with Crippen LogP contribution < -0.4 is 0 Å². The first-order valence-electron chi connectivity index (χ1n) is 6.16. The molecule has 0 aromatic heterocycles. The van der Waals surface area contributed by atoms with Crippen LogP contribution in [0.4, 0.5) is 4.39 Å². The SMILES string of the molecule is CCCC(OCC)C(=O)Cc1ccc(F)cc1Cl. The molecule has 1 aromatic rings. The van der Waals surface area contributed by atoms with Gasteiger partial charge in [0.15, 0.2) is 5.78 Å². The molecule has 0 spiro atoms. The van der Waals surface area contributed by atoms with Gasteiger partial charge in [-0.05, 0) is 31.0 Å². The number of rotatable bonds is 7. The molecule has 0 radical (unpaired) electrons. The standard InChI is InChI=1S/C14H18ClFO2/c1-3-5-14(18-4-2)13(17)8-10-6-7-11(16)9-12(10)15/h6-7,9,14H,3-5,8H2,1-2H3. The van der Waals surface area contributed by atoms with Gasteiger partial charge in [0.1, 0.15) is 11.9 Å². The number of hydrogen-bond donors (Lipinski definition) is 0. The van der Waals surface area contributed by atoms with Gasteiger partial charge in [0.2, 0.25) is 0 Å². The van der Waals surface area contributed by atoms with E-state index in [2.05, 4.69) is 0 Å². The summed E-state index contributed by atoms with van der Waals surface area (Å²) in [6, 6.07) is 4.08. The maximum Gasteiger partial charge on any atom is 0.165 e. The predicted molar refractivity (Wildman–Crippen MR) is 70.4 cm³/mol. The Morgan fingerprint density at radius 1 is 1.44 bits per heavy atom. The number of halogens is 2.